The lowest BCUT2D eigenvalue weighted by atomic mass is 9.81. The van der Waals surface area contributed by atoms with E-state index in [1.54, 1.807) is 7.11 Å². The molecule has 0 heterocycles. The Balaban J connectivity index is 1.86. The molecule has 0 aromatic heterocycles. The molecule has 0 saturated heterocycles. The van der Waals surface area contributed by atoms with Crippen LogP contribution >= 0.6 is 11.6 Å². The third-order valence-electron chi connectivity index (χ3n) is 5.75. The molecule has 0 amide bonds. The normalized spacial score (nSPS) is 25.4. The average Bonchev–Trinajstić information content (AvgIpc) is 2.95. The summed E-state index contributed by atoms with van der Waals surface area (Å²) in [6.07, 6.45) is 1.87. The van der Waals surface area contributed by atoms with Gasteiger partial charge in [0.25, 0.3) is 0 Å². The molecule has 0 radical (unpaired) electrons. The monoisotopic (exact) mass is 386 g/mol. The molecule has 3 rings (SSSR count). The molecule has 2 unspecified atom stereocenters. The number of hydrogen-bond acceptors (Lipinski definition) is 3. The smallest absolute Gasteiger partial charge is 0.129 e. The highest BCUT2D eigenvalue weighted by atomic mass is 35.5. The molecule has 1 aliphatic carbocycles. The van der Waals surface area contributed by atoms with Crippen LogP contribution in [0.15, 0.2) is 48.5 Å². The van der Waals surface area contributed by atoms with Gasteiger partial charge in [0.2, 0.25) is 0 Å². The van der Waals surface area contributed by atoms with Crippen molar-refractivity contribution in [3.05, 3.63) is 65.2 Å². The van der Waals surface area contributed by atoms with E-state index in [-0.39, 0.29) is 17.2 Å². The van der Waals surface area contributed by atoms with Crippen molar-refractivity contribution < 1.29 is 14.6 Å². The molecule has 0 spiro atoms. The number of carbonyl (C=O) groups excluding carboxylic acids is 1. The molecule has 3 nitrogen and oxygen atoms in total. The molecule has 4 atom stereocenters. The van der Waals surface area contributed by atoms with Gasteiger partial charge in [-0.25, -0.2) is 0 Å². The van der Waals surface area contributed by atoms with Crippen LogP contribution in [0.3, 0.4) is 0 Å². The van der Waals surface area contributed by atoms with Crippen molar-refractivity contribution in [3.63, 3.8) is 0 Å². The van der Waals surface area contributed by atoms with Gasteiger partial charge in [-0.3, -0.25) is 0 Å². The maximum absolute atomic E-state index is 11.3. The van der Waals surface area contributed by atoms with Gasteiger partial charge < -0.3 is 14.6 Å². The first-order valence-electron chi connectivity index (χ1n) is 9.37. The number of carbonyl (C=O) groups is 1. The lowest BCUT2D eigenvalue weighted by Crippen LogP contribution is -2.22. The predicted octanol–water partition coefficient (Wildman–Crippen LogP) is 4.49. The number of benzene rings is 2. The van der Waals surface area contributed by atoms with Gasteiger partial charge >= 0.3 is 0 Å². The fourth-order valence-electron chi connectivity index (χ4n) is 4.06. The molecule has 0 aliphatic heterocycles. The van der Waals surface area contributed by atoms with E-state index in [9.17, 15) is 9.90 Å². The summed E-state index contributed by atoms with van der Waals surface area (Å²) in [5, 5.41) is 10.6. The van der Waals surface area contributed by atoms with Gasteiger partial charge in [0, 0.05) is 16.7 Å². The predicted molar refractivity (Wildman–Crippen MR) is 109 cm³/mol. The second-order valence-corrected chi connectivity index (χ2v) is 8.59. The Labute approximate surface area is 166 Å². The highest BCUT2D eigenvalue weighted by Crippen LogP contribution is 2.44. The van der Waals surface area contributed by atoms with Gasteiger partial charge in [-0.1, -0.05) is 36.4 Å². The van der Waals surface area contributed by atoms with Crippen molar-refractivity contribution in [3.8, 4) is 5.75 Å². The summed E-state index contributed by atoms with van der Waals surface area (Å²) in [5.74, 6) is 0.944. The number of aldehydes is 1. The quantitative estimate of drug-likeness (QED) is 0.587. The Morgan fingerprint density at radius 1 is 1.22 bits per heavy atom. The highest BCUT2D eigenvalue weighted by molar-refractivity contribution is 6.21. The third-order valence-corrected chi connectivity index (χ3v) is 6.25. The summed E-state index contributed by atoms with van der Waals surface area (Å²) in [4.78, 5) is 11.3. The zero-order valence-corrected chi connectivity index (χ0v) is 16.8. The van der Waals surface area contributed by atoms with E-state index >= 15 is 0 Å². The summed E-state index contributed by atoms with van der Waals surface area (Å²) in [6, 6.07) is 16.0. The third kappa shape index (κ3) is 4.20. The molecule has 1 saturated carbocycles. The Bertz CT molecular complexity index is 784. The van der Waals surface area contributed by atoms with Crippen LogP contribution in [0.25, 0.3) is 0 Å². The topological polar surface area (TPSA) is 46.5 Å². The molecular weight excluding hydrogens is 360 g/mol. The van der Waals surface area contributed by atoms with Crippen LogP contribution in [-0.4, -0.2) is 30.0 Å². The maximum Gasteiger partial charge on any atom is 0.129 e. The van der Waals surface area contributed by atoms with Crippen LogP contribution in [0.2, 0.25) is 0 Å². The van der Waals surface area contributed by atoms with Crippen molar-refractivity contribution in [2.75, 3.05) is 7.11 Å². The van der Waals surface area contributed by atoms with E-state index in [1.165, 1.54) is 0 Å². The zero-order valence-electron chi connectivity index (χ0n) is 16.1. The van der Waals surface area contributed by atoms with E-state index in [4.69, 9.17) is 16.3 Å². The summed E-state index contributed by atoms with van der Waals surface area (Å²) in [7, 11) is 1.66. The van der Waals surface area contributed by atoms with Gasteiger partial charge in [0.15, 0.2) is 0 Å². The Morgan fingerprint density at radius 2 is 1.93 bits per heavy atom. The molecule has 1 aliphatic rings. The first-order chi connectivity index (χ1) is 12.9. The fraction of sp³-hybridized carbons (Fsp3) is 0.435. The minimum Gasteiger partial charge on any atom is -0.497 e. The summed E-state index contributed by atoms with van der Waals surface area (Å²) in [6.45, 7) is 3.81. The first-order valence-corrected chi connectivity index (χ1v) is 9.81. The van der Waals surface area contributed by atoms with Gasteiger partial charge in [-0.15, -0.1) is 11.6 Å². The van der Waals surface area contributed by atoms with Gasteiger partial charge in [-0.05, 0) is 61.4 Å². The number of aliphatic hydroxyl groups is 1. The van der Waals surface area contributed by atoms with Crippen LogP contribution in [0, 0.1) is 5.92 Å². The second-order valence-electron chi connectivity index (χ2n) is 8.03. The first kappa shape index (κ1) is 19.9. The molecule has 1 N–H and O–H groups in total. The number of ether oxygens (including phenoxy) is 1. The standard InChI is InChI=1S/C23H27ClO3/c1-23(2,14-25)17-9-7-16(8-10-17)22-19(20(24)13-21(22)26)12-15-5-4-6-18(11-15)27-3/h4-11,14,19-22,26H,12-13H2,1-3H3/t19?,20-,21-,22?/m1/s1. The fourth-order valence-corrected chi connectivity index (χ4v) is 4.49. The molecule has 0 bridgehead atoms. The van der Waals surface area contributed by atoms with E-state index in [0.29, 0.717) is 6.42 Å². The van der Waals surface area contributed by atoms with Crippen molar-refractivity contribution >= 4 is 17.9 Å². The SMILES string of the molecule is COc1cccc(CC2C(c3ccc(C(C)(C)C=O)cc3)[C@H](O)C[C@H]2Cl)c1. The van der Waals surface area contributed by atoms with Crippen LogP contribution in [-0.2, 0) is 16.6 Å². The number of alkyl halides is 1. The van der Waals surface area contributed by atoms with Crippen molar-refractivity contribution in [2.24, 2.45) is 5.92 Å². The molecular formula is C23H27ClO3. The lowest BCUT2D eigenvalue weighted by molar-refractivity contribution is -0.111. The minimum absolute atomic E-state index is 0.0212. The molecule has 2 aromatic rings. The van der Waals surface area contributed by atoms with E-state index in [0.717, 1.165) is 35.1 Å². The largest absolute Gasteiger partial charge is 0.497 e. The number of hydrogen-bond donors (Lipinski definition) is 1. The van der Waals surface area contributed by atoms with E-state index in [2.05, 4.69) is 6.07 Å². The van der Waals surface area contributed by atoms with Crippen LogP contribution in [0.5, 0.6) is 5.75 Å². The number of aliphatic hydroxyl groups excluding tert-OH is 1. The lowest BCUT2D eigenvalue weighted by Gasteiger charge is -2.25. The molecule has 27 heavy (non-hydrogen) atoms. The summed E-state index contributed by atoms with van der Waals surface area (Å²) in [5.41, 5.74) is 2.69. The zero-order chi connectivity index (χ0) is 19.6. The van der Waals surface area contributed by atoms with Crippen molar-refractivity contribution in [1.82, 2.24) is 0 Å². The maximum atomic E-state index is 11.3. The van der Waals surface area contributed by atoms with Gasteiger partial charge in [-0.2, -0.15) is 0 Å². The molecule has 144 valence electrons. The van der Waals surface area contributed by atoms with Crippen molar-refractivity contribution in [1.29, 1.82) is 0 Å². The van der Waals surface area contributed by atoms with E-state index in [1.807, 2.05) is 56.3 Å². The second kappa shape index (κ2) is 8.04. The molecule has 2 aromatic carbocycles. The molecule has 1 fully saturated rings. The highest BCUT2D eigenvalue weighted by Gasteiger charge is 2.42. The van der Waals surface area contributed by atoms with Crippen LogP contribution in [0.4, 0.5) is 0 Å². The number of halogens is 1. The summed E-state index contributed by atoms with van der Waals surface area (Å²) >= 11 is 6.63. The molecule has 4 heteroatoms. The van der Waals surface area contributed by atoms with E-state index < -0.39 is 11.5 Å². The Morgan fingerprint density at radius 3 is 2.56 bits per heavy atom. The number of methoxy groups -OCH3 is 1. The van der Waals surface area contributed by atoms with Crippen LogP contribution < -0.4 is 4.74 Å². The Kier molecular flexibility index (Phi) is 5.92. The average molecular weight is 387 g/mol. The summed E-state index contributed by atoms with van der Waals surface area (Å²) < 4.78 is 5.32. The Hall–Kier alpha value is -1.84. The van der Waals surface area contributed by atoms with Gasteiger partial charge in [0.1, 0.15) is 12.0 Å². The minimum atomic E-state index is -0.512. The number of rotatable bonds is 6. The van der Waals surface area contributed by atoms with Crippen LogP contribution in [0.1, 0.15) is 42.9 Å². The van der Waals surface area contributed by atoms with Gasteiger partial charge in [0.05, 0.1) is 13.2 Å². The van der Waals surface area contributed by atoms with Crippen molar-refractivity contribution in [2.45, 2.75) is 49.5 Å².